The fraction of sp³-hybridized carbons (Fsp3) is 0.143. The number of aromatic nitrogens is 1. The average Bonchev–Trinajstić information content (AvgIpc) is 1.26. The second-order valence-corrected chi connectivity index (χ2v) is 26.8. The Balaban J connectivity index is 1.17. The summed E-state index contributed by atoms with van der Waals surface area (Å²) in [6.45, 7) is 20.1. The Bertz CT molecular complexity index is 5130. The lowest BCUT2D eigenvalue weighted by Crippen LogP contribution is -2.61. The minimum Gasteiger partial charge on any atom is -0.310 e. The van der Waals surface area contributed by atoms with Crippen molar-refractivity contribution in [2.45, 2.75) is 78.6 Å². The van der Waals surface area contributed by atoms with Crippen LogP contribution in [0.4, 0.5) is 34.1 Å². The van der Waals surface area contributed by atoms with E-state index in [9.17, 15) is 8.22 Å². The Morgan fingerprint density at radius 1 is 0.318 bits per heavy atom. The Labute approximate surface area is 531 Å². The van der Waals surface area contributed by atoms with E-state index in [1.807, 2.05) is 6.07 Å². The molecule has 13 aromatic rings. The summed E-state index contributed by atoms with van der Waals surface area (Å²) in [5.41, 5.74) is 22.3. The molecule has 0 atom stereocenters. The number of benzene rings is 12. The standard InChI is InChI=1S/C84H72BN3/c1-82(2,3)61-48-67(56-31-17-11-18-32-56)80(68(49-61)57-33-19-12-20-34-57)87-75-47-60(55-29-15-10-16-30-55)43-45-71(75)85-72-46-44-64(86-73-41-27-25-39-65(73)66-40-26-28-42-74(66)86)54-76(72)88(78-53-63(84(7,8)9)52-77(87)79(78)85)81-69(58-35-21-13-22-36-58)50-62(83(4,5)6)51-70(81)59-37-23-14-24-38-59/h10-54H,1-9H3/i25D,26D,27D,28D,39D,40D,41D,42D. The van der Waals surface area contributed by atoms with Gasteiger partial charge in [-0.3, -0.25) is 0 Å². The van der Waals surface area contributed by atoms with Crippen LogP contribution >= 0.6 is 0 Å². The molecular formula is C84H72BN3. The van der Waals surface area contributed by atoms with E-state index in [2.05, 4.69) is 291 Å². The number of hydrogen-bond donors (Lipinski definition) is 0. The smallest absolute Gasteiger partial charge is 0.252 e. The molecule has 4 heteroatoms. The van der Waals surface area contributed by atoms with Gasteiger partial charge >= 0.3 is 0 Å². The molecule has 1 aromatic heterocycles. The minimum atomic E-state index is -0.490. The van der Waals surface area contributed by atoms with Crippen molar-refractivity contribution in [1.82, 2.24) is 4.57 Å². The SMILES string of the molecule is [2H]c1c([2H])c([2H])c2c(c1[2H])c1c([2H])c([2H])c([2H])c([2H])c1n2-c1ccc2c(c1)N(c1c(-c3ccccc3)cc(C(C)(C)C)cc1-c1ccccc1)c1cc(C(C)(C)C)cc3c1B2c1ccc(-c2ccccc2)cc1N3c1c(-c2ccccc2)cc(C(C)(C)C)cc1-c1ccccc1. The van der Waals surface area contributed by atoms with E-state index >= 15 is 0 Å². The van der Waals surface area contributed by atoms with Crippen LogP contribution in [-0.4, -0.2) is 11.3 Å². The zero-order valence-electron chi connectivity index (χ0n) is 59.3. The van der Waals surface area contributed by atoms with E-state index in [0.717, 1.165) is 117 Å². The topological polar surface area (TPSA) is 11.4 Å². The zero-order valence-corrected chi connectivity index (χ0v) is 51.3. The van der Waals surface area contributed by atoms with Gasteiger partial charge < -0.3 is 14.4 Å². The Morgan fingerprint density at radius 2 is 0.659 bits per heavy atom. The molecular weight excluding hydrogens is 1060 g/mol. The molecule has 0 amide bonds. The predicted octanol–water partition coefficient (Wildman–Crippen LogP) is 21.1. The highest BCUT2D eigenvalue weighted by atomic mass is 15.2. The van der Waals surface area contributed by atoms with Crippen molar-refractivity contribution in [1.29, 1.82) is 0 Å². The summed E-state index contributed by atoms with van der Waals surface area (Å²) in [5.74, 6) is 0. The highest BCUT2D eigenvalue weighted by Gasteiger charge is 2.46. The molecule has 0 bridgehead atoms. The number of hydrogen-bond acceptors (Lipinski definition) is 2. The summed E-state index contributed by atoms with van der Waals surface area (Å²) in [5, 5.41) is 0.0438. The van der Waals surface area contributed by atoms with Gasteiger partial charge in [0.25, 0.3) is 6.71 Å². The third kappa shape index (κ3) is 9.19. The van der Waals surface area contributed by atoms with Crippen molar-refractivity contribution >= 4 is 79.0 Å². The van der Waals surface area contributed by atoms with Gasteiger partial charge in [0.15, 0.2) is 0 Å². The molecule has 2 aliphatic heterocycles. The normalized spacial score (nSPS) is 14.3. The maximum absolute atomic E-state index is 9.74. The lowest BCUT2D eigenvalue weighted by Gasteiger charge is -2.47. The van der Waals surface area contributed by atoms with Crippen LogP contribution in [0.25, 0.3) is 83.1 Å². The molecule has 0 unspecified atom stereocenters. The highest BCUT2D eigenvalue weighted by Crippen LogP contribution is 2.55. The van der Waals surface area contributed by atoms with Gasteiger partial charge in [0.2, 0.25) is 0 Å². The number of para-hydroxylation sites is 2. The summed E-state index contributed by atoms with van der Waals surface area (Å²) in [4.78, 5) is 5.04. The van der Waals surface area contributed by atoms with Crippen LogP contribution in [0.15, 0.2) is 273 Å². The van der Waals surface area contributed by atoms with Gasteiger partial charge in [-0.15, -0.1) is 0 Å². The lowest BCUT2D eigenvalue weighted by atomic mass is 9.33. The summed E-state index contributed by atoms with van der Waals surface area (Å²) in [6.07, 6.45) is 0. The number of rotatable bonds is 8. The molecule has 3 nitrogen and oxygen atoms in total. The van der Waals surface area contributed by atoms with E-state index in [1.54, 1.807) is 4.57 Å². The largest absolute Gasteiger partial charge is 0.310 e. The van der Waals surface area contributed by atoms with Crippen LogP contribution < -0.4 is 26.2 Å². The van der Waals surface area contributed by atoms with E-state index in [4.69, 9.17) is 2.74 Å². The van der Waals surface area contributed by atoms with Crippen LogP contribution in [0.1, 0.15) is 90.0 Å². The predicted molar refractivity (Wildman–Crippen MR) is 378 cm³/mol. The molecule has 0 fully saturated rings. The van der Waals surface area contributed by atoms with Crippen LogP contribution in [0.3, 0.4) is 0 Å². The van der Waals surface area contributed by atoms with Crippen molar-refractivity contribution in [3.05, 3.63) is 289 Å². The fourth-order valence-corrected chi connectivity index (χ4v) is 13.5. The number of anilines is 6. The summed E-state index contributed by atoms with van der Waals surface area (Å²) in [7, 11) is 0. The number of fused-ring (bicyclic) bond motifs is 7. The molecule has 426 valence electrons. The van der Waals surface area contributed by atoms with Crippen LogP contribution in [-0.2, 0) is 16.2 Å². The third-order valence-electron chi connectivity index (χ3n) is 18.1. The van der Waals surface area contributed by atoms with E-state index in [0.29, 0.717) is 5.69 Å². The van der Waals surface area contributed by atoms with Gasteiger partial charge in [0.05, 0.1) is 33.4 Å². The Kier molecular flexibility index (Phi) is 11.0. The van der Waals surface area contributed by atoms with Gasteiger partial charge in [0, 0.05) is 61.5 Å². The quantitative estimate of drug-likeness (QED) is 0.141. The first-order valence-electron chi connectivity index (χ1n) is 34.6. The molecule has 0 aliphatic carbocycles. The molecule has 88 heavy (non-hydrogen) atoms. The Hall–Kier alpha value is -9.90. The second kappa shape index (κ2) is 20.9. The number of nitrogens with zero attached hydrogens (tertiary/aromatic N) is 3. The maximum atomic E-state index is 9.74. The Morgan fingerprint density at radius 3 is 1.05 bits per heavy atom. The van der Waals surface area contributed by atoms with Gasteiger partial charge in [-0.05, 0) is 149 Å². The van der Waals surface area contributed by atoms with Gasteiger partial charge in [0.1, 0.15) is 0 Å². The van der Waals surface area contributed by atoms with Crippen molar-refractivity contribution in [3.63, 3.8) is 0 Å². The fourth-order valence-electron chi connectivity index (χ4n) is 13.5. The molecule has 0 spiro atoms. The monoisotopic (exact) mass is 1140 g/mol. The average molecular weight is 1140 g/mol. The van der Waals surface area contributed by atoms with Crippen molar-refractivity contribution < 1.29 is 11.0 Å². The summed E-state index contributed by atoms with van der Waals surface area (Å²) in [6, 6.07) is 77.6. The molecule has 12 aromatic carbocycles. The molecule has 3 heterocycles. The van der Waals surface area contributed by atoms with Gasteiger partial charge in [-0.2, -0.15) is 0 Å². The zero-order chi connectivity index (χ0) is 67.2. The summed E-state index contributed by atoms with van der Waals surface area (Å²) < 4.78 is 76.4. The van der Waals surface area contributed by atoms with Crippen molar-refractivity contribution in [2.75, 3.05) is 9.80 Å². The highest BCUT2D eigenvalue weighted by molar-refractivity contribution is 7.00. The van der Waals surface area contributed by atoms with Crippen LogP contribution in [0.5, 0.6) is 0 Å². The van der Waals surface area contributed by atoms with Gasteiger partial charge in [-0.1, -0.05) is 268 Å². The lowest BCUT2D eigenvalue weighted by molar-refractivity contribution is 0.590. The molecule has 0 saturated carbocycles. The molecule has 0 radical (unpaired) electrons. The van der Waals surface area contributed by atoms with Crippen LogP contribution in [0, 0.1) is 0 Å². The van der Waals surface area contributed by atoms with Gasteiger partial charge in [-0.25, -0.2) is 0 Å². The first-order chi connectivity index (χ1) is 45.9. The second-order valence-electron chi connectivity index (χ2n) is 26.8. The summed E-state index contributed by atoms with van der Waals surface area (Å²) >= 11 is 0. The molecule has 15 rings (SSSR count). The minimum absolute atomic E-state index is 0.0219. The first-order valence-corrected chi connectivity index (χ1v) is 30.6. The van der Waals surface area contributed by atoms with Crippen molar-refractivity contribution in [2.24, 2.45) is 0 Å². The van der Waals surface area contributed by atoms with E-state index < -0.39 is 36.3 Å². The first kappa shape index (κ1) is 46.3. The molecule has 0 N–H and O–H groups in total. The van der Waals surface area contributed by atoms with Crippen LogP contribution in [0.2, 0.25) is 0 Å². The molecule has 2 aliphatic rings. The van der Waals surface area contributed by atoms with E-state index in [1.165, 1.54) is 5.56 Å². The molecule has 0 saturated heterocycles. The van der Waals surface area contributed by atoms with E-state index in [-0.39, 0.29) is 56.8 Å². The maximum Gasteiger partial charge on any atom is 0.252 e. The third-order valence-corrected chi connectivity index (χ3v) is 18.1. The van der Waals surface area contributed by atoms with Crippen molar-refractivity contribution in [3.8, 4) is 61.3 Å².